The standard InChI is InChI=1S/C11H6F5NO3/c1-19-9(18)5-2-3-7(11(14,15)16)6(4-17)8(5)20-10(12)13/h2-3,10H,1H3. The average molecular weight is 295 g/mol. The monoisotopic (exact) mass is 295 g/mol. The summed E-state index contributed by atoms with van der Waals surface area (Å²) < 4.78 is 70.6. The van der Waals surface area contributed by atoms with E-state index in [1.165, 1.54) is 0 Å². The Balaban J connectivity index is 3.60. The molecule has 1 aromatic rings. The minimum absolute atomic E-state index is 0.420. The van der Waals surface area contributed by atoms with E-state index in [2.05, 4.69) is 9.47 Å². The first kappa shape index (κ1) is 15.7. The van der Waals surface area contributed by atoms with Crippen LogP contribution in [0.2, 0.25) is 0 Å². The molecule has 108 valence electrons. The molecule has 0 fully saturated rings. The third kappa shape index (κ3) is 3.14. The van der Waals surface area contributed by atoms with E-state index in [1.807, 2.05) is 0 Å². The highest BCUT2D eigenvalue weighted by Crippen LogP contribution is 2.38. The smallest absolute Gasteiger partial charge is 0.417 e. The molecule has 0 spiro atoms. The summed E-state index contributed by atoms with van der Waals surface area (Å²) >= 11 is 0. The Morgan fingerprint density at radius 1 is 1.35 bits per heavy atom. The van der Waals surface area contributed by atoms with Crippen LogP contribution >= 0.6 is 0 Å². The summed E-state index contributed by atoms with van der Waals surface area (Å²) in [6.07, 6.45) is -4.96. The van der Waals surface area contributed by atoms with Crippen molar-refractivity contribution in [2.45, 2.75) is 12.8 Å². The Bertz CT molecular complexity index is 562. The highest BCUT2D eigenvalue weighted by molar-refractivity contribution is 5.93. The molecule has 0 unspecified atom stereocenters. The van der Waals surface area contributed by atoms with Crippen molar-refractivity contribution in [3.8, 4) is 11.8 Å². The quantitative estimate of drug-likeness (QED) is 0.635. The zero-order valence-corrected chi connectivity index (χ0v) is 9.79. The van der Waals surface area contributed by atoms with E-state index >= 15 is 0 Å². The highest BCUT2D eigenvalue weighted by atomic mass is 19.4. The van der Waals surface area contributed by atoms with E-state index in [9.17, 15) is 26.7 Å². The molecule has 0 atom stereocenters. The SMILES string of the molecule is COC(=O)c1ccc(C(F)(F)F)c(C#N)c1OC(F)F. The minimum atomic E-state index is -4.96. The van der Waals surface area contributed by atoms with Gasteiger partial charge in [0.15, 0.2) is 5.75 Å². The normalized spacial score (nSPS) is 11.1. The molecule has 0 aromatic heterocycles. The maximum Gasteiger partial charge on any atom is 0.417 e. The van der Waals surface area contributed by atoms with Crippen molar-refractivity contribution in [1.82, 2.24) is 0 Å². The number of carbonyl (C=O) groups excluding carboxylic acids is 1. The number of halogens is 5. The number of nitrogens with zero attached hydrogens (tertiary/aromatic N) is 1. The highest BCUT2D eigenvalue weighted by Gasteiger charge is 2.37. The third-order valence-electron chi connectivity index (χ3n) is 2.19. The predicted octanol–water partition coefficient (Wildman–Crippen LogP) is 2.97. The summed E-state index contributed by atoms with van der Waals surface area (Å²) in [6, 6.07) is 2.13. The summed E-state index contributed by atoms with van der Waals surface area (Å²) in [5.41, 5.74) is -3.39. The topological polar surface area (TPSA) is 59.3 Å². The lowest BCUT2D eigenvalue weighted by atomic mass is 10.0. The Hall–Kier alpha value is -2.37. The number of alkyl halides is 5. The van der Waals surface area contributed by atoms with E-state index in [0.717, 1.165) is 13.2 Å². The zero-order valence-electron chi connectivity index (χ0n) is 9.79. The number of rotatable bonds is 3. The first-order chi connectivity index (χ1) is 9.22. The fourth-order valence-corrected chi connectivity index (χ4v) is 1.41. The van der Waals surface area contributed by atoms with Crippen molar-refractivity contribution < 1.29 is 36.2 Å². The molecule has 0 saturated heterocycles. The summed E-state index contributed by atoms with van der Waals surface area (Å²) in [7, 11) is 0.901. The van der Waals surface area contributed by atoms with E-state index in [4.69, 9.17) is 5.26 Å². The number of benzene rings is 1. The lowest BCUT2D eigenvalue weighted by Gasteiger charge is -2.15. The first-order valence-electron chi connectivity index (χ1n) is 4.89. The molecule has 1 aromatic carbocycles. The Morgan fingerprint density at radius 3 is 2.35 bits per heavy atom. The molecule has 0 saturated carbocycles. The van der Waals surface area contributed by atoms with Crippen molar-refractivity contribution in [3.05, 3.63) is 28.8 Å². The van der Waals surface area contributed by atoms with Crippen LogP contribution in [0.15, 0.2) is 12.1 Å². The van der Waals surface area contributed by atoms with Crippen LogP contribution in [0.1, 0.15) is 21.5 Å². The number of nitriles is 1. The Labute approximate surface area is 109 Å². The van der Waals surface area contributed by atoms with Crippen molar-refractivity contribution in [2.24, 2.45) is 0 Å². The number of carbonyl (C=O) groups is 1. The molecule has 0 bridgehead atoms. The second kappa shape index (κ2) is 5.73. The van der Waals surface area contributed by atoms with Gasteiger partial charge in [0.05, 0.1) is 12.7 Å². The molecular weight excluding hydrogens is 289 g/mol. The Morgan fingerprint density at radius 2 is 1.95 bits per heavy atom. The lowest BCUT2D eigenvalue weighted by Crippen LogP contribution is -2.15. The van der Waals surface area contributed by atoms with Crippen molar-refractivity contribution in [2.75, 3.05) is 7.11 Å². The molecule has 0 amide bonds. The molecule has 0 radical (unpaired) electrons. The molecule has 0 N–H and O–H groups in total. The van der Waals surface area contributed by atoms with Crippen LogP contribution < -0.4 is 4.74 Å². The number of hydrogen-bond acceptors (Lipinski definition) is 4. The fraction of sp³-hybridized carbons (Fsp3) is 0.273. The van der Waals surface area contributed by atoms with Gasteiger partial charge in [0.25, 0.3) is 0 Å². The number of hydrogen-bond donors (Lipinski definition) is 0. The average Bonchev–Trinajstić information content (AvgIpc) is 2.35. The summed E-state index contributed by atoms with van der Waals surface area (Å²) in [5.74, 6) is -2.37. The lowest BCUT2D eigenvalue weighted by molar-refractivity contribution is -0.138. The van der Waals surface area contributed by atoms with Crippen LogP contribution in [0.4, 0.5) is 22.0 Å². The minimum Gasteiger partial charge on any atom is -0.465 e. The van der Waals surface area contributed by atoms with Gasteiger partial charge in [-0.15, -0.1) is 0 Å². The van der Waals surface area contributed by atoms with Gasteiger partial charge >= 0.3 is 18.8 Å². The van der Waals surface area contributed by atoms with Crippen LogP contribution in [0.5, 0.6) is 5.75 Å². The molecule has 4 nitrogen and oxygen atoms in total. The number of esters is 1. The van der Waals surface area contributed by atoms with Crippen molar-refractivity contribution in [3.63, 3.8) is 0 Å². The van der Waals surface area contributed by atoms with Crippen LogP contribution in [-0.4, -0.2) is 19.7 Å². The van der Waals surface area contributed by atoms with Gasteiger partial charge < -0.3 is 9.47 Å². The third-order valence-corrected chi connectivity index (χ3v) is 2.19. The van der Waals surface area contributed by atoms with Gasteiger partial charge in [-0.05, 0) is 12.1 Å². The van der Waals surface area contributed by atoms with Gasteiger partial charge in [0, 0.05) is 0 Å². The molecule has 0 aliphatic rings. The van der Waals surface area contributed by atoms with Crippen LogP contribution in [0.25, 0.3) is 0 Å². The van der Waals surface area contributed by atoms with Gasteiger partial charge in [-0.2, -0.15) is 27.2 Å². The molecule has 1 rings (SSSR count). The number of methoxy groups -OCH3 is 1. The zero-order chi connectivity index (χ0) is 15.5. The molecule has 0 aliphatic heterocycles. The molecule has 0 aliphatic carbocycles. The molecule has 20 heavy (non-hydrogen) atoms. The summed E-state index contributed by atoms with van der Waals surface area (Å²) in [6.45, 7) is -3.51. The van der Waals surface area contributed by atoms with Crippen LogP contribution in [0, 0.1) is 11.3 Å². The fourth-order valence-electron chi connectivity index (χ4n) is 1.41. The van der Waals surface area contributed by atoms with Crippen LogP contribution in [-0.2, 0) is 10.9 Å². The van der Waals surface area contributed by atoms with Crippen molar-refractivity contribution >= 4 is 5.97 Å². The molecule has 9 heteroatoms. The largest absolute Gasteiger partial charge is 0.465 e. The maximum atomic E-state index is 12.7. The van der Waals surface area contributed by atoms with E-state index < -0.39 is 41.2 Å². The van der Waals surface area contributed by atoms with Gasteiger partial charge in [0.1, 0.15) is 17.2 Å². The molecular formula is C11H6F5NO3. The summed E-state index contributed by atoms with van der Waals surface area (Å²) in [5, 5.41) is 8.73. The second-order valence-corrected chi connectivity index (χ2v) is 3.34. The van der Waals surface area contributed by atoms with Gasteiger partial charge in [-0.3, -0.25) is 0 Å². The Kier molecular flexibility index (Phi) is 4.49. The van der Waals surface area contributed by atoms with Gasteiger partial charge in [-0.1, -0.05) is 0 Å². The maximum absolute atomic E-state index is 12.7. The number of ether oxygens (including phenoxy) is 2. The molecule has 0 heterocycles. The summed E-state index contributed by atoms with van der Waals surface area (Å²) in [4.78, 5) is 11.3. The van der Waals surface area contributed by atoms with E-state index in [1.54, 1.807) is 0 Å². The van der Waals surface area contributed by atoms with Gasteiger partial charge in [-0.25, -0.2) is 4.79 Å². The van der Waals surface area contributed by atoms with E-state index in [-0.39, 0.29) is 0 Å². The van der Waals surface area contributed by atoms with Crippen LogP contribution in [0.3, 0.4) is 0 Å². The predicted molar refractivity (Wildman–Crippen MR) is 54.1 cm³/mol. The second-order valence-electron chi connectivity index (χ2n) is 3.34. The van der Waals surface area contributed by atoms with E-state index in [0.29, 0.717) is 12.1 Å². The van der Waals surface area contributed by atoms with Gasteiger partial charge in [0.2, 0.25) is 0 Å². The first-order valence-corrected chi connectivity index (χ1v) is 4.89. The van der Waals surface area contributed by atoms with Crippen molar-refractivity contribution in [1.29, 1.82) is 5.26 Å².